The van der Waals surface area contributed by atoms with Crippen LogP contribution in [0.1, 0.15) is 16.8 Å². The Bertz CT molecular complexity index is 1070. The van der Waals surface area contributed by atoms with Crippen molar-refractivity contribution in [1.29, 1.82) is 0 Å². The van der Waals surface area contributed by atoms with E-state index in [-0.39, 0.29) is 11.9 Å². The van der Waals surface area contributed by atoms with E-state index < -0.39 is 0 Å². The van der Waals surface area contributed by atoms with E-state index in [0.29, 0.717) is 12.2 Å². The van der Waals surface area contributed by atoms with Crippen LogP contribution in [0.3, 0.4) is 0 Å². The standard InChI is InChI=1S/C18H17N7O/c26-18(12-7-14-3-1-2-5-24(14)8-12)25-6-4-13(9-25)23-17-15-16(20-10-19-15)21-11-22-17/h1-3,5,7-8,10-11,13H,4,6,9H2,(H2,19,20,21,22,23)/t13-/m0/s1. The molecule has 0 aliphatic carbocycles. The van der Waals surface area contributed by atoms with E-state index in [9.17, 15) is 4.79 Å². The zero-order valence-electron chi connectivity index (χ0n) is 14.0. The number of aromatic nitrogens is 5. The topological polar surface area (TPSA) is 91.2 Å². The molecule has 5 heterocycles. The van der Waals surface area contributed by atoms with E-state index in [2.05, 4.69) is 25.3 Å². The second-order valence-corrected chi connectivity index (χ2v) is 6.47. The third-order valence-electron chi connectivity index (χ3n) is 4.79. The molecule has 1 atom stereocenters. The van der Waals surface area contributed by atoms with Crippen LogP contribution in [0.4, 0.5) is 5.82 Å². The summed E-state index contributed by atoms with van der Waals surface area (Å²) in [5.41, 5.74) is 3.16. The molecular weight excluding hydrogens is 330 g/mol. The van der Waals surface area contributed by atoms with Gasteiger partial charge in [0.15, 0.2) is 11.5 Å². The number of pyridine rings is 1. The van der Waals surface area contributed by atoms with Gasteiger partial charge >= 0.3 is 0 Å². The van der Waals surface area contributed by atoms with Gasteiger partial charge in [-0.15, -0.1) is 0 Å². The fourth-order valence-corrected chi connectivity index (χ4v) is 3.49. The van der Waals surface area contributed by atoms with Gasteiger partial charge in [-0.05, 0) is 24.6 Å². The highest BCUT2D eigenvalue weighted by Gasteiger charge is 2.28. The van der Waals surface area contributed by atoms with Crippen molar-refractivity contribution in [3.63, 3.8) is 0 Å². The van der Waals surface area contributed by atoms with Crippen molar-refractivity contribution in [2.24, 2.45) is 0 Å². The molecule has 1 saturated heterocycles. The SMILES string of the molecule is O=C(c1cc2ccccn2c1)N1CC[C@H](Nc2ncnc3nc[nH]c23)C1. The highest BCUT2D eigenvalue weighted by atomic mass is 16.2. The summed E-state index contributed by atoms with van der Waals surface area (Å²) in [5, 5.41) is 3.41. The van der Waals surface area contributed by atoms with Gasteiger partial charge in [-0.3, -0.25) is 4.79 Å². The monoisotopic (exact) mass is 347 g/mol. The number of nitrogens with zero attached hydrogens (tertiary/aromatic N) is 5. The molecule has 0 saturated carbocycles. The maximum absolute atomic E-state index is 12.8. The quantitative estimate of drug-likeness (QED) is 0.591. The Labute approximate surface area is 148 Å². The van der Waals surface area contributed by atoms with E-state index in [4.69, 9.17) is 0 Å². The molecule has 1 fully saturated rings. The molecule has 26 heavy (non-hydrogen) atoms. The first-order chi connectivity index (χ1) is 12.8. The second kappa shape index (κ2) is 5.83. The van der Waals surface area contributed by atoms with Crippen LogP contribution >= 0.6 is 0 Å². The van der Waals surface area contributed by atoms with Crippen molar-refractivity contribution < 1.29 is 4.79 Å². The maximum atomic E-state index is 12.8. The first-order valence-electron chi connectivity index (χ1n) is 8.54. The number of likely N-dealkylation sites (tertiary alicyclic amines) is 1. The molecule has 2 N–H and O–H groups in total. The number of H-pyrrole nitrogens is 1. The third-order valence-corrected chi connectivity index (χ3v) is 4.79. The highest BCUT2D eigenvalue weighted by molar-refractivity contribution is 5.96. The van der Waals surface area contributed by atoms with Crippen molar-refractivity contribution in [3.8, 4) is 0 Å². The maximum Gasteiger partial charge on any atom is 0.255 e. The van der Waals surface area contributed by atoms with Crippen LogP contribution in [0.5, 0.6) is 0 Å². The molecule has 0 spiro atoms. The number of anilines is 1. The fraction of sp³-hybridized carbons (Fsp3) is 0.222. The number of carbonyl (C=O) groups is 1. The summed E-state index contributed by atoms with van der Waals surface area (Å²) in [6.45, 7) is 1.37. The lowest BCUT2D eigenvalue weighted by molar-refractivity contribution is 0.0791. The van der Waals surface area contributed by atoms with Crippen molar-refractivity contribution in [2.45, 2.75) is 12.5 Å². The number of imidazole rings is 1. The van der Waals surface area contributed by atoms with Crippen LogP contribution in [-0.2, 0) is 0 Å². The van der Waals surface area contributed by atoms with Crippen molar-refractivity contribution >= 4 is 28.4 Å². The number of fused-ring (bicyclic) bond motifs is 2. The van der Waals surface area contributed by atoms with E-state index in [1.54, 1.807) is 6.33 Å². The van der Waals surface area contributed by atoms with Gasteiger partial charge < -0.3 is 19.6 Å². The van der Waals surface area contributed by atoms with Crippen molar-refractivity contribution in [3.05, 3.63) is 54.9 Å². The van der Waals surface area contributed by atoms with Crippen LogP contribution in [-0.4, -0.2) is 54.3 Å². The predicted octanol–water partition coefficient (Wildman–Crippen LogP) is 1.93. The fourth-order valence-electron chi connectivity index (χ4n) is 3.49. The lowest BCUT2D eigenvalue weighted by Gasteiger charge is -2.17. The second-order valence-electron chi connectivity index (χ2n) is 6.47. The van der Waals surface area contributed by atoms with Gasteiger partial charge in [0.1, 0.15) is 11.8 Å². The summed E-state index contributed by atoms with van der Waals surface area (Å²) >= 11 is 0. The molecule has 8 heteroatoms. The summed E-state index contributed by atoms with van der Waals surface area (Å²) < 4.78 is 1.97. The van der Waals surface area contributed by atoms with Gasteiger partial charge in [0.2, 0.25) is 0 Å². The third kappa shape index (κ3) is 2.46. The zero-order valence-corrected chi connectivity index (χ0v) is 14.0. The normalized spacial score (nSPS) is 17.2. The summed E-state index contributed by atoms with van der Waals surface area (Å²) in [5.74, 6) is 0.786. The Balaban J connectivity index is 1.32. The summed E-state index contributed by atoms with van der Waals surface area (Å²) in [4.78, 5) is 30.3. The Morgan fingerprint density at radius 1 is 1.27 bits per heavy atom. The smallest absolute Gasteiger partial charge is 0.255 e. The van der Waals surface area contributed by atoms with Gasteiger partial charge in [-0.25, -0.2) is 15.0 Å². The number of hydrogen-bond donors (Lipinski definition) is 2. The molecule has 5 rings (SSSR count). The number of nitrogens with one attached hydrogen (secondary N) is 2. The van der Waals surface area contributed by atoms with Crippen LogP contribution in [0.25, 0.3) is 16.7 Å². The number of carbonyl (C=O) groups excluding carboxylic acids is 1. The first-order valence-corrected chi connectivity index (χ1v) is 8.54. The van der Waals surface area contributed by atoms with E-state index >= 15 is 0 Å². The largest absolute Gasteiger partial charge is 0.364 e. The number of amides is 1. The lowest BCUT2D eigenvalue weighted by atomic mass is 10.2. The Kier molecular flexibility index (Phi) is 3.34. The highest BCUT2D eigenvalue weighted by Crippen LogP contribution is 2.21. The van der Waals surface area contributed by atoms with Gasteiger partial charge in [0.05, 0.1) is 11.9 Å². The van der Waals surface area contributed by atoms with E-state index in [1.165, 1.54) is 6.33 Å². The molecule has 4 aromatic heterocycles. The summed E-state index contributed by atoms with van der Waals surface area (Å²) in [6.07, 6.45) is 7.81. The molecule has 1 amide bonds. The van der Waals surface area contributed by atoms with Crippen LogP contribution in [0.15, 0.2) is 49.3 Å². The summed E-state index contributed by atoms with van der Waals surface area (Å²) in [6, 6.07) is 8.00. The van der Waals surface area contributed by atoms with Gasteiger partial charge in [0.25, 0.3) is 5.91 Å². The molecule has 0 radical (unpaired) electrons. The average molecular weight is 347 g/mol. The van der Waals surface area contributed by atoms with Crippen molar-refractivity contribution in [1.82, 2.24) is 29.2 Å². The first kappa shape index (κ1) is 14.9. The number of rotatable bonds is 3. The minimum Gasteiger partial charge on any atom is -0.364 e. The predicted molar refractivity (Wildman–Crippen MR) is 97.0 cm³/mol. The van der Waals surface area contributed by atoms with Crippen molar-refractivity contribution in [2.75, 3.05) is 18.4 Å². The summed E-state index contributed by atoms with van der Waals surface area (Å²) in [7, 11) is 0. The Morgan fingerprint density at radius 3 is 3.15 bits per heavy atom. The molecule has 1 aliphatic heterocycles. The van der Waals surface area contributed by atoms with Gasteiger partial charge in [-0.2, -0.15) is 0 Å². The molecule has 0 bridgehead atoms. The molecule has 0 aromatic carbocycles. The molecule has 0 unspecified atom stereocenters. The number of hydrogen-bond acceptors (Lipinski definition) is 5. The lowest BCUT2D eigenvalue weighted by Crippen LogP contribution is -2.31. The van der Waals surface area contributed by atoms with E-state index in [1.807, 2.05) is 46.0 Å². The average Bonchev–Trinajstić information content (AvgIpc) is 3.40. The van der Waals surface area contributed by atoms with Gasteiger partial charge in [-0.1, -0.05) is 6.07 Å². The van der Waals surface area contributed by atoms with Crippen LogP contribution in [0.2, 0.25) is 0 Å². The molecule has 130 valence electrons. The van der Waals surface area contributed by atoms with Crippen LogP contribution < -0.4 is 5.32 Å². The van der Waals surface area contributed by atoms with E-state index in [0.717, 1.165) is 35.4 Å². The molecule has 1 aliphatic rings. The molecule has 8 nitrogen and oxygen atoms in total. The van der Waals surface area contributed by atoms with Crippen LogP contribution in [0, 0.1) is 0 Å². The zero-order chi connectivity index (χ0) is 17.5. The minimum absolute atomic E-state index is 0.0624. The molecule has 4 aromatic rings. The minimum atomic E-state index is 0.0624. The Hall–Kier alpha value is -3.42. The number of aromatic amines is 1. The molecular formula is C18H17N7O. The van der Waals surface area contributed by atoms with Gasteiger partial charge in [0, 0.05) is 37.0 Å². The Morgan fingerprint density at radius 2 is 2.23 bits per heavy atom.